The Bertz CT molecular complexity index is 3910. The van der Waals surface area contributed by atoms with E-state index in [0.29, 0.717) is 0 Å². The summed E-state index contributed by atoms with van der Waals surface area (Å²) in [5.74, 6) is 0. The molecule has 0 spiro atoms. The topological polar surface area (TPSA) is 21.3 Å². The van der Waals surface area contributed by atoms with Gasteiger partial charge in [-0.25, -0.2) is 0 Å². The molecule has 304 valence electrons. The summed E-state index contributed by atoms with van der Waals surface area (Å²) in [7, 11) is 0. The second-order valence-corrected chi connectivity index (χ2v) is 16.9. The van der Waals surface area contributed by atoms with E-state index in [1.54, 1.807) is 0 Å². The molecule has 3 heteroatoms. The molecular weight excluding hydrogens is 789 g/mol. The Morgan fingerprint density at radius 2 is 0.862 bits per heavy atom. The van der Waals surface area contributed by atoms with Gasteiger partial charge in [-0.15, -0.1) is 0 Å². The molecule has 0 bridgehead atoms. The number of benzene rings is 11. The van der Waals surface area contributed by atoms with E-state index in [1.807, 2.05) is 12.1 Å². The quantitative estimate of drug-likeness (QED) is 0.149. The molecule has 0 fully saturated rings. The molecule has 0 saturated carbocycles. The largest absolute Gasteiger partial charge is 0.456 e. The van der Waals surface area contributed by atoms with Gasteiger partial charge in [0, 0.05) is 44.2 Å². The van der Waals surface area contributed by atoms with Gasteiger partial charge in [-0.05, 0) is 122 Å². The minimum absolute atomic E-state index is 0.888. The van der Waals surface area contributed by atoms with Crippen molar-refractivity contribution in [2.75, 3.05) is 4.90 Å². The summed E-state index contributed by atoms with van der Waals surface area (Å²) in [4.78, 5) is 2.39. The number of hydrogen-bond donors (Lipinski definition) is 0. The van der Waals surface area contributed by atoms with Crippen LogP contribution >= 0.6 is 0 Å². The Kier molecular flexibility index (Phi) is 8.53. The lowest BCUT2D eigenvalue weighted by molar-refractivity contribution is 0.669. The maximum absolute atomic E-state index is 6.34. The van der Waals surface area contributed by atoms with Gasteiger partial charge in [-0.3, -0.25) is 0 Å². The Balaban J connectivity index is 0.955. The molecule has 0 aliphatic rings. The molecule has 0 amide bonds. The molecule has 13 rings (SSSR count). The first kappa shape index (κ1) is 36.9. The van der Waals surface area contributed by atoms with E-state index < -0.39 is 0 Å². The van der Waals surface area contributed by atoms with Gasteiger partial charge in [-0.1, -0.05) is 170 Å². The van der Waals surface area contributed by atoms with Gasteiger partial charge in [0.05, 0.1) is 16.7 Å². The molecule has 0 saturated heterocycles. The van der Waals surface area contributed by atoms with Gasteiger partial charge in [0.15, 0.2) is 0 Å². The average Bonchev–Trinajstić information content (AvgIpc) is 3.93. The van der Waals surface area contributed by atoms with Crippen LogP contribution in [0.15, 0.2) is 247 Å². The number of furan rings is 1. The van der Waals surface area contributed by atoms with Gasteiger partial charge in [0.1, 0.15) is 11.2 Å². The summed E-state index contributed by atoms with van der Waals surface area (Å²) in [6.45, 7) is 0. The molecule has 2 aromatic heterocycles. The molecular formula is C62H40N2O. The highest BCUT2D eigenvalue weighted by Gasteiger charge is 2.19. The standard InChI is InChI=1S/C62H40N2O/c1-2-19-50-41(14-1)30-31-46-38-44(34-37-51(46)50)43-15-11-17-48(39-43)63(49-18-12-16-45(40-49)53-24-13-29-61-62(53)56-23-6-10-28-60(56)65-61)47-35-32-42(33-36-47)52-20-3-7-25-57(52)64-58-26-8-4-21-54(58)55-22-5-9-27-59(55)64/h1-40H. The smallest absolute Gasteiger partial charge is 0.136 e. The van der Waals surface area contributed by atoms with Gasteiger partial charge in [0.2, 0.25) is 0 Å². The molecule has 0 aliphatic carbocycles. The Hall–Kier alpha value is -8.66. The highest BCUT2D eigenvalue weighted by atomic mass is 16.3. The van der Waals surface area contributed by atoms with Crippen LogP contribution in [-0.4, -0.2) is 4.57 Å². The lowest BCUT2D eigenvalue weighted by Gasteiger charge is -2.27. The fraction of sp³-hybridized carbons (Fsp3) is 0. The van der Waals surface area contributed by atoms with Gasteiger partial charge in [0.25, 0.3) is 0 Å². The summed E-state index contributed by atoms with van der Waals surface area (Å²) in [6.07, 6.45) is 0. The number of nitrogens with zero attached hydrogens (tertiary/aromatic N) is 2. The Morgan fingerprint density at radius 3 is 1.66 bits per heavy atom. The molecule has 0 N–H and O–H groups in total. The highest BCUT2D eigenvalue weighted by Crippen LogP contribution is 2.43. The minimum Gasteiger partial charge on any atom is -0.456 e. The van der Waals surface area contributed by atoms with E-state index in [4.69, 9.17) is 4.42 Å². The monoisotopic (exact) mass is 828 g/mol. The molecule has 0 unspecified atom stereocenters. The molecule has 3 nitrogen and oxygen atoms in total. The molecule has 11 aromatic carbocycles. The van der Waals surface area contributed by atoms with Crippen LogP contribution in [-0.2, 0) is 0 Å². The summed E-state index contributed by atoms with van der Waals surface area (Å²) < 4.78 is 8.76. The third-order valence-corrected chi connectivity index (χ3v) is 13.2. The van der Waals surface area contributed by atoms with Crippen LogP contribution in [0.2, 0.25) is 0 Å². The van der Waals surface area contributed by atoms with Crippen molar-refractivity contribution in [2.24, 2.45) is 0 Å². The van der Waals surface area contributed by atoms with Gasteiger partial charge >= 0.3 is 0 Å². The predicted octanol–water partition coefficient (Wildman–Crippen LogP) is 17.5. The first-order chi connectivity index (χ1) is 32.2. The average molecular weight is 829 g/mol. The van der Waals surface area contributed by atoms with Crippen LogP contribution in [0.1, 0.15) is 0 Å². The molecule has 0 radical (unpaired) electrons. The lowest BCUT2D eigenvalue weighted by Crippen LogP contribution is -2.10. The van der Waals surface area contributed by atoms with Gasteiger partial charge in [-0.2, -0.15) is 0 Å². The van der Waals surface area contributed by atoms with Crippen LogP contribution < -0.4 is 4.90 Å². The van der Waals surface area contributed by atoms with E-state index in [0.717, 1.165) is 66.9 Å². The SMILES string of the molecule is c1cc(-c2ccc3c(ccc4ccccc43)c2)cc(N(c2ccc(-c3ccccc3-n3c4ccccc4c4ccccc43)cc2)c2cccc(-c3cccc4oc5ccccc5c34)c2)c1. The molecule has 0 aliphatic heterocycles. The second kappa shape index (κ2) is 15.0. The van der Waals surface area contributed by atoms with Crippen molar-refractivity contribution in [2.45, 2.75) is 0 Å². The van der Waals surface area contributed by atoms with Crippen LogP contribution in [0.5, 0.6) is 0 Å². The van der Waals surface area contributed by atoms with Crippen molar-refractivity contribution in [3.05, 3.63) is 243 Å². The van der Waals surface area contributed by atoms with Crippen LogP contribution in [0.4, 0.5) is 17.1 Å². The first-order valence-corrected chi connectivity index (χ1v) is 22.2. The third-order valence-electron chi connectivity index (χ3n) is 13.2. The summed E-state index contributed by atoms with van der Waals surface area (Å²) >= 11 is 0. The first-order valence-electron chi connectivity index (χ1n) is 22.2. The molecule has 65 heavy (non-hydrogen) atoms. The summed E-state index contributed by atoms with van der Waals surface area (Å²) in [5.41, 5.74) is 15.5. The van der Waals surface area contributed by atoms with Crippen molar-refractivity contribution in [3.8, 4) is 39.1 Å². The summed E-state index contributed by atoms with van der Waals surface area (Å²) in [5, 5.41) is 9.78. The highest BCUT2D eigenvalue weighted by molar-refractivity contribution is 6.13. The summed E-state index contributed by atoms with van der Waals surface area (Å²) in [6, 6.07) is 87.8. The van der Waals surface area contributed by atoms with Crippen molar-refractivity contribution in [3.63, 3.8) is 0 Å². The number of rotatable bonds is 7. The predicted molar refractivity (Wildman–Crippen MR) is 274 cm³/mol. The van der Waals surface area contributed by atoms with Crippen molar-refractivity contribution >= 4 is 82.4 Å². The van der Waals surface area contributed by atoms with Crippen molar-refractivity contribution in [1.82, 2.24) is 4.57 Å². The fourth-order valence-electron chi connectivity index (χ4n) is 10.2. The van der Waals surface area contributed by atoms with Crippen LogP contribution in [0.25, 0.3) is 104 Å². The maximum Gasteiger partial charge on any atom is 0.136 e. The zero-order chi connectivity index (χ0) is 42.8. The van der Waals surface area contributed by atoms with Crippen molar-refractivity contribution in [1.29, 1.82) is 0 Å². The van der Waals surface area contributed by atoms with E-state index in [1.165, 1.54) is 54.5 Å². The fourth-order valence-corrected chi connectivity index (χ4v) is 10.2. The normalized spacial score (nSPS) is 11.7. The van der Waals surface area contributed by atoms with Crippen LogP contribution in [0.3, 0.4) is 0 Å². The van der Waals surface area contributed by atoms with E-state index in [9.17, 15) is 0 Å². The molecule has 2 heterocycles. The second-order valence-electron chi connectivity index (χ2n) is 16.9. The number of para-hydroxylation sites is 4. The zero-order valence-corrected chi connectivity index (χ0v) is 35.4. The maximum atomic E-state index is 6.34. The number of anilines is 3. The van der Waals surface area contributed by atoms with Gasteiger partial charge < -0.3 is 13.9 Å². The number of hydrogen-bond acceptors (Lipinski definition) is 2. The van der Waals surface area contributed by atoms with Crippen LogP contribution in [0, 0.1) is 0 Å². The van der Waals surface area contributed by atoms with E-state index in [-0.39, 0.29) is 0 Å². The Labute approximate surface area is 376 Å². The molecule has 0 atom stereocenters. The minimum atomic E-state index is 0.888. The van der Waals surface area contributed by atoms with E-state index >= 15 is 0 Å². The van der Waals surface area contributed by atoms with Crippen molar-refractivity contribution < 1.29 is 4.42 Å². The Morgan fingerprint density at radius 1 is 0.308 bits per heavy atom. The lowest BCUT2D eigenvalue weighted by atomic mass is 9.97. The zero-order valence-electron chi connectivity index (χ0n) is 35.4. The number of aromatic nitrogens is 1. The molecule has 13 aromatic rings. The number of fused-ring (bicyclic) bond motifs is 9. The third kappa shape index (κ3) is 6.12. The van der Waals surface area contributed by atoms with E-state index in [2.05, 4.69) is 240 Å².